The Balaban J connectivity index is 2.37. The van der Waals surface area contributed by atoms with Gasteiger partial charge in [-0.25, -0.2) is 4.98 Å². The van der Waals surface area contributed by atoms with E-state index in [0.717, 1.165) is 5.56 Å². The van der Waals surface area contributed by atoms with Crippen molar-refractivity contribution in [1.29, 1.82) is 0 Å². The van der Waals surface area contributed by atoms with Gasteiger partial charge in [-0.2, -0.15) is 0 Å². The Morgan fingerprint density at radius 3 is 3.07 bits per heavy atom. The molecular formula is C10H12N2O2. The van der Waals surface area contributed by atoms with E-state index in [4.69, 9.17) is 4.74 Å². The summed E-state index contributed by atoms with van der Waals surface area (Å²) in [5.41, 5.74) is 1.77. The number of amides is 1. The molecule has 1 aromatic rings. The molecule has 0 atom stereocenters. The van der Waals surface area contributed by atoms with Gasteiger partial charge in [0, 0.05) is 6.20 Å². The number of nitrogens with zero attached hydrogens (tertiary/aromatic N) is 1. The van der Waals surface area contributed by atoms with Crippen molar-refractivity contribution in [3.05, 3.63) is 17.8 Å². The van der Waals surface area contributed by atoms with Gasteiger partial charge in [0.2, 0.25) is 5.88 Å². The van der Waals surface area contributed by atoms with Crippen LogP contribution in [0.1, 0.15) is 25.3 Å². The molecule has 0 bridgehead atoms. The molecule has 1 N–H and O–H groups in total. The molecule has 14 heavy (non-hydrogen) atoms. The van der Waals surface area contributed by atoms with Gasteiger partial charge >= 0.3 is 0 Å². The standard InChI is InChI=1S/C10H12N2O2/c1-6(2)7-3-8-10(11-4-7)14-5-9(13)12-8/h3-4,6H,5H2,1-2H3,(H,12,13). The van der Waals surface area contributed by atoms with Crippen molar-refractivity contribution in [2.75, 3.05) is 11.9 Å². The third-order valence-electron chi connectivity index (χ3n) is 2.15. The maximum Gasteiger partial charge on any atom is 0.262 e. The van der Waals surface area contributed by atoms with Crippen molar-refractivity contribution in [2.45, 2.75) is 19.8 Å². The monoisotopic (exact) mass is 192 g/mol. The Morgan fingerprint density at radius 2 is 2.36 bits per heavy atom. The van der Waals surface area contributed by atoms with E-state index >= 15 is 0 Å². The van der Waals surface area contributed by atoms with Gasteiger partial charge in [0.1, 0.15) is 5.69 Å². The lowest BCUT2D eigenvalue weighted by Crippen LogP contribution is -2.26. The number of aromatic nitrogens is 1. The maximum absolute atomic E-state index is 11.0. The first-order valence-electron chi connectivity index (χ1n) is 4.59. The van der Waals surface area contributed by atoms with Gasteiger partial charge in [-0.05, 0) is 17.5 Å². The summed E-state index contributed by atoms with van der Waals surface area (Å²) in [6.07, 6.45) is 1.78. The second-order valence-corrected chi connectivity index (χ2v) is 3.61. The third-order valence-corrected chi connectivity index (χ3v) is 2.15. The van der Waals surface area contributed by atoms with E-state index in [-0.39, 0.29) is 12.5 Å². The predicted molar refractivity (Wildman–Crippen MR) is 52.5 cm³/mol. The normalized spacial score (nSPS) is 14.6. The smallest absolute Gasteiger partial charge is 0.262 e. The van der Waals surface area contributed by atoms with Gasteiger partial charge in [-0.3, -0.25) is 4.79 Å². The van der Waals surface area contributed by atoms with Crippen molar-refractivity contribution in [2.24, 2.45) is 0 Å². The van der Waals surface area contributed by atoms with Gasteiger partial charge in [0.05, 0.1) is 0 Å². The molecule has 1 amide bonds. The molecule has 0 aliphatic carbocycles. The molecule has 0 saturated heterocycles. The molecule has 0 saturated carbocycles. The summed E-state index contributed by atoms with van der Waals surface area (Å²) in [7, 11) is 0. The average molecular weight is 192 g/mol. The minimum absolute atomic E-state index is 0.0566. The van der Waals surface area contributed by atoms with Crippen LogP contribution in [0.5, 0.6) is 5.88 Å². The summed E-state index contributed by atoms with van der Waals surface area (Å²) in [5.74, 6) is 0.779. The van der Waals surface area contributed by atoms with Crippen molar-refractivity contribution in [1.82, 2.24) is 4.98 Å². The predicted octanol–water partition coefficient (Wildman–Crippen LogP) is 1.54. The van der Waals surface area contributed by atoms with Crippen LogP contribution in [0.4, 0.5) is 5.69 Å². The summed E-state index contributed by atoms with van der Waals surface area (Å²) in [6.45, 7) is 4.21. The first-order chi connectivity index (χ1) is 6.66. The average Bonchev–Trinajstić information content (AvgIpc) is 2.16. The molecule has 1 aliphatic rings. The first kappa shape index (κ1) is 8.99. The minimum atomic E-state index is -0.125. The highest BCUT2D eigenvalue weighted by Crippen LogP contribution is 2.27. The lowest BCUT2D eigenvalue weighted by atomic mass is 10.1. The van der Waals surface area contributed by atoms with Crippen LogP contribution in [-0.4, -0.2) is 17.5 Å². The number of carbonyl (C=O) groups is 1. The van der Waals surface area contributed by atoms with E-state index in [1.807, 2.05) is 6.07 Å². The van der Waals surface area contributed by atoms with Crippen LogP contribution in [0.15, 0.2) is 12.3 Å². The Labute approximate surface area is 82.3 Å². The number of hydrogen-bond donors (Lipinski definition) is 1. The quantitative estimate of drug-likeness (QED) is 0.734. The maximum atomic E-state index is 11.0. The summed E-state index contributed by atoms with van der Waals surface area (Å²) in [4.78, 5) is 15.2. The van der Waals surface area contributed by atoms with Crippen LogP contribution in [0.25, 0.3) is 0 Å². The fourth-order valence-electron chi connectivity index (χ4n) is 1.31. The van der Waals surface area contributed by atoms with Crippen LogP contribution in [0, 0.1) is 0 Å². The van der Waals surface area contributed by atoms with E-state index in [0.29, 0.717) is 17.5 Å². The molecule has 0 unspecified atom stereocenters. The van der Waals surface area contributed by atoms with Crippen LogP contribution in [-0.2, 0) is 4.79 Å². The van der Waals surface area contributed by atoms with Crippen molar-refractivity contribution >= 4 is 11.6 Å². The van der Waals surface area contributed by atoms with Crippen molar-refractivity contribution < 1.29 is 9.53 Å². The lowest BCUT2D eigenvalue weighted by Gasteiger charge is -2.17. The lowest BCUT2D eigenvalue weighted by molar-refractivity contribution is -0.118. The first-order valence-corrected chi connectivity index (χ1v) is 4.59. The number of pyridine rings is 1. The number of hydrogen-bond acceptors (Lipinski definition) is 3. The summed E-state index contributed by atoms with van der Waals surface area (Å²) < 4.78 is 5.15. The van der Waals surface area contributed by atoms with Gasteiger partial charge in [-0.1, -0.05) is 13.8 Å². The molecule has 74 valence electrons. The highest BCUT2D eigenvalue weighted by Gasteiger charge is 2.17. The Hall–Kier alpha value is -1.58. The number of rotatable bonds is 1. The van der Waals surface area contributed by atoms with Gasteiger partial charge in [0.15, 0.2) is 6.61 Å². The molecule has 2 heterocycles. The zero-order chi connectivity index (χ0) is 10.1. The van der Waals surface area contributed by atoms with E-state index in [1.165, 1.54) is 0 Å². The molecule has 0 fully saturated rings. The summed E-state index contributed by atoms with van der Waals surface area (Å²) >= 11 is 0. The highest BCUT2D eigenvalue weighted by molar-refractivity contribution is 5.94. The van der Waals surface area contributed by atoms with Gasteiger partial charge in [0.25, 0.3) is 5.91 Å². The molecule has 1 aromatic heterocycles. The summed E-state index contributed by atoms with van der Waals surface area (Å²) in [5, 5.41) is 2.73. The van der Waals surface area contributed by atoms with Gasteiger partial charge in [-0.15, -0.1) is 0 Å². The number of anilines is 1. The van der Waals surface area contributed by atoms with Crippen molar-refractivity contribution in [3.63, 3.8) is 0 Å². The van der Waals surface area contributed by atoms with Crippen molar-refractivity contribution in [3.8, 4) is 5.88 Å². The van der Waals surface area contributed by atoms with Crippen LogP contribution in [0.2, 0.25) is 0 Å². The van der Waals surface area contributed by atoms with E-state index in [9.17, 15) is 4.79 Å². The Kier molecular flexibility index (Phi) is 2.11. The van der Waals surface area contributed by atoms with E-state index < -0.39 is 0 Å². The number of carbonyl (C=O) groups excluding carboxylic acids is 1. The zero-order valence-electron chi connectivity index (χ0n) is 8.20. The molecule has 2 rings (SSSR count). The van der Waals surface area contributed by atoms with E-state index in [2.05, 4.69) is 24.1 Å². The van der Waals surface area contributed by atoms with Crippen LogP contribution < -0.4 is 10.1 Å². The minimum Gasteiger partial charge on any atom is -0.466 e. The zero-order valence-corrected chi connectivity index (χ0v) is 8.20. The molecule has 4 heteroatoms. The van der Waals surface area contributed by atoms with Gasteiger partial charge < -0.3 is 10.1 Å². The number of ether oxygens (including phenoxy) is 1. The molecule has 1 aliphatic heterocycles. The second kappa shape index (κ2) is 3.29. The topological polar surface area (TPSA) is 51.2 Å². The van der Waals surface area contributed by atoms with Crippen LogP contribution >= 0.6 is 0 Å². The number of fused-ring (bicyclic) bond motifs is 1. The second-order valence-electron chi connectivity index (χ2n) is 3.61. The largest absolute Gasteiger partial charge is 0.466 e. The van der Waals surface area contributed by atoms with Crippen LogP contribution in [0.3, 0.4) is 0 Å². The fourth-order valence-corrected chi connectivity index (χ4v) is 1.31. The Bertz CT molecular complexity index is 374. The molecule has 0 aromatic carbocycles. The summed E-state index contributed by atoms with van der Waals surface area (Å²) in [6, 6.07) is 1.91. The third kappa shape index (κ3) is 1.55. The Morgan fingerprint density at radius 1 is 1.57 bits per heavy atom. The van der Waals surface area contributed by atoms with E-state index in [1.54, 1.807) is 6.20 Å². The SMILES string of the molecule is CC(C)c1cnc2c(c1)NC(=O)CO2. The highest BCUT2D eigenvalue weighted by atomic mass is 16.5. The molecule has 0 spiro atoms. The number of nitrogens with one attached hydrogen (secondary N) is 1. The fraction of sp³-hybridized carbons (Fsp3) is 0.400. The molecule has 0 radical (unpaired) electrons. The molecular weight excluding hydrogens is 180 g/mol. The molecule has 4 nitrogen and oxygen atoms in total.